The van der Waals surface area contributed by atoms with Gasteiger partial charge >= 0.3 is 12.2 Å². The first-order valence-electron chi connectivity index (χ1n) is 8.76. The van der Waals surface area contributed by atoms with E-state index in [1.807, 2.05) is 0 Å². The van der Waals surface area contributed by atoms with Crippen LogP contribution < -0.4 is 10.2 Å². The van der Waals surface area contributed by atoms with Gasteiger partial charge in [0.25, 0.3) is 11.8 Å². The first-order chi connectivity index (χ1) is 14.0. The third-order valence-corrected chi connectivity index (χ3v) is 6.05. The maximum absolute atomic E-state index is 14.5. The number of halogens is 4. The first-order valence-corrected chi connectivity index (χ1v) is 10.1. The SMILES string of the molecule is Cc1cc(F)c(N2C(=O)NC(C(=O)N3CCOCC3)C2=O)cc1S(=O)CC(F)(F)F. The van der Waals surface area contributed by atoms with E-state index in [0.29, 0.717) is 4.90 Å². The number of nitrogens with zero attached hydrogens (tertiary/aromatic N) is 2. The van der Waals surface area contributed by atoms with Gasteiger partial charge in [0.1, 0.15) is 11.6 Å². The number of benzene rings is 1. The second-order valence-corrected chi connectivity index (χ2v) is 8.09. The van der Waals surface area contributed by atoms with Gasteiger partial charge in [0.05, 0.1) is 29.7 Å². The molecule has 164 valence electrons. The normalized spacial score (nSPS) is 21.0. The molecule has 2 aliphatic heterocycles. The van der Waals surface area contributed by atoms with E-state index >= 15 is 0 Å². The molecule has 13 heteroatoms. The van der Waals surface area contributed by atoms with Crippen molar-refractivity contribution in [2.75, 3.05) is 37.0 Å². The summed E-state index contributed by atoms with van der Waals surface area (Å²) in [6.45, 7) is 2.18. The highest BCUT2D eigenvalue weighted by atomic mass is 32.2. The molecule has 2 aliphatic rings. The lowest BCUT2D eigenvalue weighted by atomic mass is 10.2. The summed E-state index contributed by atoms with van der Waals surface area (Å²) in [5.41, 5.74) is -0.710. The Morgan fingerprint density at radius 3 is 2.50 bits per heavy atom. The van der Waals surface area contributed by atoms with Gasteiger partial charge in [-0.15, -0.1) is 0 Å². The molecule has 30 heavy (non-hydrogen) atoms. The number of aryl methyl sites for hydroxylation is 1. The van der Waals surface area contributed by atoms with Crippen molar-refractivity contribution in [2.24, 2.45) is 0 Å². The van der Waals surface area contributed by atoms with Crippen LogP contribution in [0.1, 0.15) is 5.56 Å². The van der Waals surface area contributed by atoms with Crippen molar-refractivity contribution in [1.29, 1.82) is 0 Å². The molecule has 0 aliphatic carbocycles. The Hall–Kier alpha value is -2.54. The monoisotopic (exact) mass is 451 g/mol. The molecule has 2 atom stereocenters. The van der Waals surface area contributed by atoms with E-state index in [1.54, 1.807) is 0 Å². The predicted molar refractivity (Wildman–Crippen MR) is 95.7 cm³/mol. The van der Waals surface area contributed by atoms with E-state index in [1.165, 1.54) is 11.8 Å². The Bertz CT molecular complexity index is 917. The zero-order valence-electron chi connectivity index (χ0n) is 15.6. The van der Waals surface area contributed by atoms with Gasteiger partial charge in [-0.25, -0.2) is 14.1 Å². The van der Waals surface area contributed by atoms with Crippen molar-refractivity contribution in [3.8, 4) is 0 Å². The number of rotatable bonds is 4. The van der Waals surface area contributed by atoms with Gasteiger partial charge in [-0.3, -0.25) is 13.8 Å². The zero-order valence-corrected chi connectivity index (χ0v) is 16.4. The first kappa shape index (κ1) is 22.2. The van der Waals surface area contributed by atoms with E-state index in [0.717, 1.165) is 12.1 Å². The molecule has 4 amide bonds. The fraction of sp³-hybridized carbons (Fsp3) is 0.471. The molecule has 3 rings (SSSR count). The summed E-state index contributed by atoms with van der Waals surface area (Å²) in [7, 11) is -2.58. The largest absolute Gasteiger partial charge is 0.400 e. The van der Waals surface area contributed by atoms with Crippen LogP contribution in [-0.4, -0.2) is 71.2 Å². The summed E-state index contributed by atoms with van der Waals surface area (Å²) in [6, 6.07) is -1.15. The van der Waals surface area contributed by atoms with Crippen LogP contribution in [0, 0.1) is 12.7 Å². The average molecular weight is 451 g/mol. The Kier molecular flexibility index (Phi) is 6.13. The standard InChI is InChI=1S/C17H17F4N3O5S/c1-9-6-10(18)11(7-12(9)30(28)8-17(19,20)21)24-15(26)13(22-16(24)27)14(25)23-2-4-29-5-3-23/h6-7,13H,2-5,8H2,1H3,(H,22,27). The number of alkyl halides is 3. The molecule has 0 saturated carbocycles. The molecule has 1 N–H and O–H groups in total. The van der Waals surface area contributed by atoms with E-state index < -0.39 is 58.1 Å². The van der Waals surface area contributed by atoms with Crippen molar-refractivity contribution >= 4 is 34.3 Å². The number of ether oxygens (including phenoxy) is 1. The second-order valence-electron chi connectivity index (χ2n) is 6.67. The summed E-state index contributed by atoms with van der Waals surface area (Å²) in [4.78, 5) is 38.8. The number of hydrogen-bond donors (Lipinski definition) is 1. The van der Waals surface area contributed by atoms with E-state index in [4.69, 9.17) is 4.74 Å². The summed E-state index contributed by atoms with van der Waals surface area (Å²) in [5, 5.41) is 2.16. The number of amides is 4. The topological polar surface area (TPSA) is 96.0 Å². The molecule has 2 unspecified atom stereocenters. The molecule has 8 nitrogen and oxygen atoms in total. The van der Waals surface area contributed by atoms with Crippen LogP contribution in [0.3, 0.4) is 0 Å². The average Bonchev–Trinajstić information content (AvgIpc) is 2.95. The van der Waals surface area contributed by atoms with Crippen molar-refractivity contribution in [3.05, 3.63) is 23.5 Å². The highest BCUT2D eigenvalue weighted by molar-refractivity contribution is 7.85. The van der Waals surface area contributed by atoms with E-state index in [9.17, 15) is 36.2 Å². The van der Waals surface area contributed by atoms with Crippen molar-refractivity contribution < 1.29 is 40.9 Å². The van der Waals surface area contributed by atoms with Crippen LogP contribution in [0.25, 0.3) is 0 Å². The minimum absolute atomic E-state index is 0.0353. The minimum atomic E-state index is -4.73. The molecule has 1 aromatic rings. The van der Waals surface area contributed by atoms with Gasteiger partial charge < -0.3 is 15.0 Å². The second kappa shape index (κ2) is 8.30. The smallest absolute Gasteiger partial charge is 0.378 e. The number of urea groups is 1. The predicted octanol–water partition coefficient (Wildman–Crippen LogP) is 1.09. The lowest BCUT2D eigenvalue weighted by Crippen LogP contribution is -2.51. The van der Waals surface area contributed by atoms with E-state index in [2.05, 4.69) is 5.32 Å². The van der Waals surface area contributed by atoms with Crippen LogP contribution in [0.2, 0.25) is 0 Å². The quantitative estimate of drug-likeness (QED) is 0.420. The van der Waals surface area contributed by atoms with Crippen molar-refractivity contribution in [2.45, 2.75) is 24.0 Å². The molecule has 2 fully saturated rings. The van der Waals surface area contributed by atoms with Gasteiger partial charge in [-0.05, 0) is 24.6 Å². The number of hydrogen-bond acceptors (Lipinski definition) is 5. The molecular weight excluding hydrogens is 434 g/mol. The molecular formula is C17H17F4N3O5S. The third kappa shape index (κ3) is 4.46. The van der Waals surface area contributed by atoms with Crippen molar-refractivity contribution in [3.63, 3.8) is 0 Å². The summed E-state index contributed by atoms with van der Waals surface area (Å²) >= 11 is 0. The van der Waals surface area contributed by atoms with Gasteiger partial charge in [-0.1, -0.05) is 0 Å². The summed E-state index contributed by atoms with van der Waals surface area (Å²) < 4.78 is 69.5. The third-order valence-electron chi connectivity index (χ3n) is 4.53. The number of carbonyl (C=O) groups excluding carboxylic acids is 3. The molecule has 0 aromatic heterocycles. The number of carbonyl (C=O) groups is 3. The zero-order chi connectivity index (χ0) is 22.2. The van der Waals surface area contributed by atoms with Gasteiger partial charge in [0, 0.05) is 18.0 Å². The Labute approximate surface area is 170 Å². The fourth-order valence-corrected chi connectivity index (χ4v) is 4.24. The fourth-order valence-electron chi connectivity index (χ4n) is 3.13. The van der Waals surface area contributed by atoms with Crippen LogP contribution in [0.15, 0.2) is 17.0 Å². The van der Waals surface area contributed by atoms with Crippen molar-refractivity contribution in [1.82, 2.24) is 10.2 Å². The van der Waals surface area contributed by atoms with Gasteiger partial charge in [-0.2, -0.15) is 13.2 Å². The molecule has 2 saturated heterocycles. The molecule has 0 radical (unpaired) electrons. The maximum atomic E-state index is 14.5. The minimum Gasteiger partial charge on any atom is -0.378 e. The van der Waals surface area contributed by atoms with Crippen LogP contribution >= 0.6 is 0 Å². The number of imide groups is 1. The van der Waals surface area contributed by atoms with Crippen LogP contribution in [-0.2, 0) is 25.1 Å². The van der Waals surface area contributed by atoms with Crippen LogP contribution in [0.5, 0.6) is 0 Å². The maximum Gasteiger partial charge on any atom is 0.400 e. The Morgan fingerprint density at radius 1 is 1.27 bits per heavy atom. The highest BCUT2D eigenvalue weighted by Crippen LogP contribution is 2.30. The molecule has 0 bridgehead atoms. The van der Waals surface area contributed by atoms with Crippen LogP contribution in [0.4, 0.5) is 28.0 Å². The highest BCUT2D eigenvalue weighted by Gasteiger charge is 2.46. The molecule has 1 aromatic carbocycles. The Balaban J connectivity index is 1.90. The lowest BCUT2D eigenvalue weighted by Gasteiger charge is -2.28. The number of anilines is 1. The Morgan fingerprint density at radius 2 is 1.90 bits per heavy atom. The van der Waals surface area contributed by atoms with Gasteiger partial charge in [0.2, 0.25) is 0 Å². The molecule has 0 spiro atoms. The number of morpholine rings is 1. The summed E-state index contributed by atoms with van der Waals surface area (Å²) in [5.74, 6) is -4.53. The van der Waals surface area contributed by atoms with E-state index in [-0.39, 0.29) is 36.8 Å². The van der Waals surface area contributed by atoms with Gasteiger partial charge in [0.15, 0.2) is 6.04 Å². The number of nitrogens with one attached hydrogen (secondary N) is 1. The molecule has 2 heterocycles. The summed E-state index contributed by atoms with van der Waals surface area (Å²) in [6.07, 6.45) is -4.73. The lowest BCUT2D eigenvalue weighted by molar-refractivity contribution is -0.140.